The van der Waals surface area contributed by atoms with E-state index in [0.717, 1.165) is 18.7 Å². The molecule has 4 rings (SSSR count). The number of halogens is 1. The molecule has 4 aromatic rings. The van der Waals surface area contributed by atoms with Gasteiger partial charge in [-0.25, -0.2) is 9.67 Å². The zero-order chi connectivity index (χ0) is 19.9. The van der Waals surface area contributed by atoms with Crippen molar-refractivity contribution >= 4 is 29.9 Å². The molecule has 0 amide bonds. The van der Waals surface area contributed by atoms with Crippen LogP contribution in [0, 0.1) is 0 Å². The molecule has 0 aliphatic heterocycles. The van der Waals surface area contributed by atoms with E-state index in [1.165, 1.54) is 5.56 Å². The summed E-state index contributed by atoms with van der Waals surface area (Å²) in [6, 6.07) is 13.9. The molecule has 0 aliphatic rings. The number of benzene rings is 1. The van der Waals surface area contributed by atoms with Gasteiger partial charge in [-0.2, -0.15) is 5.10 Å². The van der Waals surface area contributed by atoms with Crippen LogP contribution in [0.2, 0.25) is 0 Å². The average molecular weight is 518 g/mol. The van der Waals surface area contributed by atoms with Crippen molar-refractivity contribution in [2.75, 3.05) is 13.6 Å². The molecule has 0 radical (unpaired) electrons. The molecule has 10 heteroatoms. The van der Waals surface area contributed by atoms with Crippen LogP contribution in [0.1, 0.15) is 11.4 Å². The van der Waals surface area contributed by atoms with Crippen molar-refractivity contribution in [2.24, 2.45) is 4.99 Å². The Bertz CT molecular complexity index is 1040. The van der Waals surface area contributed by atoms with Crippen LogP contribution in [0.3, 0.4) is 0 Å². The van der Waals surface area contributed by atoms with Crippen LogP contribution in [0.25, 0.3) is 17.3 Å². The van der Waals surface area contributed by atoms with E-state index in [9.17, 15) is 0 Å². The van der Waals surface area contributed by atoms with Crippen molar-refractivity contribution in [3.63, 3.8) is 0 Å². The van der Waals surface area contributed by atoms with E-state index < -0.39 is 0 Å². The molecule has 9 nitrogen and oxygen atoms in total. The zero-order valence-electron chi connectivity index (χ0n) is 16.4. The Hall–Kier alpha value is -3.15. The highest BCUT2D eigenvalue weighted by Crippen LogP contribution is 2.14. The van der Waals surface area contributed by atoms with Crippen LogP contribution in [-0.2, 0) is 13.0 Å². The number of hydrogen-bond donors (Lipinski definition) is 3. The summed E-state index contributed by atoms with van der Waals surface area (Å²) in [4.78, 5) is 8.64. The van der Waals surface area contributed by atoms with Gasteiger partial charge in [0, 0.05) is 26.0 Å². The van der Waals surface area contributed by atoms with Gasteiger partial charge in [0.2, 0.25) is 5.82 Å². The van der Waals surface area contributed by atoms with Crippen molar-refractivity contribution in [3.8, 4) is 17.3 Å². The molecule has 0 bridgehead atoms. The van der Waals surface area contributed by atoms with E-state index in [0.29, 0.717) is 29.9 Å². The summed E-state index contributed by atoms with van der Waals surface area (Å²) in [5.74, 6) is 2.57. The van der Waals surface area contributed by atoms with Crippen molar-refractivity contribution in [1.29, 1.82) is 0 Å². The fourth-order valence-electron chi connectivity index (χ4n) is 2.84. The van der Waals surface area contributed by atoms with Gasteiger partial charge < -0.3 is 15.1 Å². The zero-order valence-corrected chi connectivity index (χ0v) is 18.8. The van der Waals surface area contributed by atoms with E-state index >= 15 is 0 Å². The second kappa shape index (κ2) is 10.6. The summed E-state index contributed by atoms with van der Waals surface area (Å²) >= 11 is 0. The van der Waals surface area contributed by atoms with Crippen LogP contribution in [0.4, 0.5) is 0 Å². The smallest absolute Gasteiger partial charge is 0.216 e. The molecule has 0 saturated carbocycles. The second-order valence-corrected chi connectivity index (χ2v) is 6.30. The number of aromatic nitrogens is 5. The topological polar surface area (TPSA) is 109 Å². The molecular weight excluding hydrogens is 495 g/mol. The maximum Gasteiger partial charge on any atom is 0.216 e. The van der Waals surface area contributed by atoms with Gasteiger partial charge in [-0.1, -0.05) is 12.1 Å². The minimum absolute atomic E-state index is 0. The summed E-state index contributed by atoms with van der Waals surface area (Å²) in [6.07, 6.45) is 6.18. The number of rotatable bonds is 7. The van der Waals surface area contributed by atoms with Gasteiger partial charge in [-0.3, -0.25) is 10.1 Å². The van der Waals surface area contributed by atoms with Crippen LogP contribution in [0.5, 0.6) is 0 Å². The summed E-state index contributed by atoms with van der Waals surface area (Å²) < 4.78 is 7.14. The molecule has 156 valence electrons. The fraction of sp³-hybridized carbons (Fsp3) is 0.200. The van der Waals surface area contributed by atoms with E-state index in [2.05, 4.69) is 60.2 Å². The van der Waals surface area contributed by atoms with E-state index in [1.54, 1.807) is 25.6 Å². The highest BCUT2D eigenvalue weighted by molar-refractivity contribution is 14.0. The molecule has 0 spiro atoms. The lowest BCUT2D eigenvalue weighted by molar-refractivity contribution is 0.577. The number of nitrogens with zero attached hydrogens (tertiary/aromatic N) is 5. The number of nitrogens with one attached hydrogen (secondary N) is 3. The summed E-state index contributed by atoms with van der Waals surface area (Å²) in [5.41, 5.74) is 2.28. The standard InChI is InChI=1S/C20H22N8O.HI/c1-21-20(23-14-18-25-19(27-26-18)17-4-2-13-29-17)22-11-9-15-5-7-16(8-6-15)28-12-3-10-24-28;/h2-8,10,12-13H,9,11,14H2,1H3,(H2,21,22,23)(H,25,26,27);1H. The Morgan fingerprint density at radius 3 is 2.73 bits per heavy atom. The average Bonchev–Trinajstić information content (AvgIpc) is 3.53. The molecule has 0 fully saturated rings. The van der Waals surface area contributed by atoms with Crippen molar-refractivity contribution in [3.05, 3.63) is 72.5 Å². The Morgan fingerprint density at radius 1 is 1.17 bits per heavy atom. The Balaban J connectivity index is 0.00000256. The first-order valence-electron chi connectivity index (χ1n) is 9.30. The third-order valence-electron chi connectivity index (χ3n) is 4.33. The van der Waals surface area contributed by atoms with Gasteiger partial charge in [0.05, 0.1) is 18.5 Å². The predicted octanol–water partition coefficient (Wildman–Crippen LogP) is 2.78. The Labute approximate surface area is 191 Å². The first-order valence-corrected chi connectivity index (χ1v) is 9.30. The maximum atomic E-state index is 5.30. The maximum absolute atomic E-state index is 5.30. The molecule has 3 aromatic heterocycles. The third-order valence-corrected chi connectivity index (χ3v) is 4.33. The van der Waals surface area contributed by atoms with Gasteiger partial charge in [0.15, 0.2) is 11.7 Å². The SMILES string of the molecule is CN=C(NCCc1ccc(-n2cccn2)cc1)NCc1nc(-c2ccco2)n[nH]1.I. The molecule has 0 unspecified atom stereocenters. The minimum atomic E-state index is 0. The molecule has 0 saturated heterocycles. The fourth-order valence-corrected chi connectivity index (χ4v) is 2.84. The molecule has 0 atom stereocenters. The van der Waals surface area contributed by atoms with E-state index in [4.69, 9.17) is 4.42 Å². The lowest BCUT2D eigenvalue weighted by Crippen LogP contribution is -2.38. The predicted molar refractivity (Wildman–Crippen MR) is 125 cm³/mol. The highest BCUT2D eigenvalue weighted by atomic mass is 127. The first kappa shape index (κ1) is 21.6. The molecule has 3 N–H and O–H groups in total. The molecular formula is C20H23IN8O. The van der Waals surface area contributed by atoms with Gasteiger partial charge in [0.25, 0.3) is 0 Å². The van der Waals surface area contributed by atoms with Crippen LogP contribution in [0.15, 0.2) is 70.5 Å². The minimum Gasteiger partial charge on any atom is -0.461 e. The summed E-state index contributed by atoms with van der Waals surface area (Å²) in [7, 11) is 1.74. The Kier molecular flexibility index (Phi) is 7.60. The number of aliphatic imine (C=N–C) groups is 1. The van der Waals surface area contributed by atoms with Crippen molar-refractivity contribution in [1.82, 2.24) is 35.6 Å². The quantitative estimate of drug-likeness (QED) is 0.197. The van der Waals surface area contributed by atoms with Gasteiger partial charge in [-0.05, 0) is 42.3 Å². The van der Waals surface area contributed by atoms with Gasteiger partial charge in [-0.15, -0.1) is 29.1 Å². The van der Waals surface area contributed by atoms with Crippen molar-refractivity contribution in [2.45, 2.75) is 13.0 Å². The molecule has 30 heavy (non-hydrogen) atoms. The van der Waals surface area contributed by atoms with Gasteiger partial charge in [0.1, 0.15) is 5.82 Å². The van der Waals surface area contributed by atoms with Crippen molar-refractivity contribution < 1.29 is 4.42 Å². The monoisotopic (exact) mass is 518 g/mol. The number of aromatic amines is 1. The third kappa shape index (κ3) is 5.47. The normalized spacial score (nSPS) is 11.2. The van der Waals surface area contributed by atoms with Gasteiger partial charge >= 0.3 is 0 Å². The molecule has 1 aromatic carbocycles. The highest BCUT2D eigenvalue weighted by Gasteiger charge is 2.08. The van der Waals surface area contributed by atoms with E-state index in [1.807, 2.05) is 23.0 Å². The van der Waals surface area contributed by atoms with Crippen LogP contribution < -0.4 is 10.6 Å². The lowest BCUT2D eigenvalue weighted by atomic mass is 10.1. The summed E-state index contributed by atoms with van der Waals surface area (Å²) in [5, 5.41) is 17.8. The Morgan fingerprint density at radius 2 is 2.03 bits per heavy atom. The lowest BCUT2D eigenvalue weighted by Gasteiger charge is -2.11. The van der Waals surface area contributed by atoms with E-state index in [-0.39, 0.29) is 24.0 Å². The van der Waals surface area contributed by atoms with Crippen LogP contribution in [-0.4, -0.2) is 44.5 Å². The number of guanidine groups is 1. The largest absolute Gasteiger partial charge is 0.461 e. The second-order valence-electron chi connectivity index (χ2n) is 6.30. The van der Waals surface area contributed by atoms with Crippen LogP contribution >= 0.6 is 24.0 Å². The molecule has 3 heterocycles. The number of hydrogen-bond acceptors (Lipinski definition) is 5. The first-order chi connectivity index (χ1) is 14.3. The molecule has 0 aliphatic carbocycles. The number of furan rings is 1. The number of H-pyrrole nitrogens is 1. The summed E-state index contributed by atoms with van der Waals surface area (Å²) in [6.45, 7) is 1.24.